The molecule has 0 unspecified atom stereocenters. The summed E-state index contributed by atoms with van der Waals surface area (Å²) in [6, 6.07) is 0.856. The molecule has 1 N–H and O–H groups in total. The molecule has 0 aromatic heterocycles. The Bertz CT molecular complexity index is 122. The van der Waals surface area contributed by atoms with E-state index in [1.54, 1.807) is 0 Å². The van der Waals surface area contributed by atoms with Gasteiger partial charge in [0, 0.05) is 12.6 Å². The zero-order valence-electron chi connectivity index (χ0n) is 7.89. The Morgan fingerprint density at radius 1 is 1.00 bits per heavy atom. The van der Waals surface area contributed by atoms with E-state index in [1.165, 1.54) is 58.3 Å². The van der Waals surface area contributed by atoms with E-state index < -0.39 is 0 Å². The van der Waals surface area contributed by atoms with Crippen LogP contribution >= 0.6 is 0 Å². The van der Waals surface area contributed by atoms with Gasteiger partial charge in [0.15, 0.2) is 0 Å². The summed E-state index contributed by atoms with van der Waals surface area (Å²) in [6.45, 7) is 5.18. The molecule has 2 heteroatoms. The third kappa shape index (κ3) is 1.99. The lowest BCUT2D eigenvalue weighted by Gasteiger charge is -2.25. The topological polar surface area (TPSA) is 15.3 Å². The van der Waals surface area contributed by atoms with Gasteiger partial charge >= 0.3 is 0 Å². The number of hydrogen-bond donors (Lipinski definition) is 1. The molecule has 2 aliphatic heterocycles. The SMILES string of the molecule is C1CC[C@H](N2CCCC2)CNC1. The smallest absolute Gasteiger partial charge is 0.0220 e. The van der Waals surface area contributed by atoms with Gasteiger partial charge in [-0.3, -0.25) is 4.90 Å². The lowest BCUT2D eigenvalue weighted by Crippen LogP contribution is -2.39. The molecule has 0 spiro atoms. The van der Waals surface area contributed by atoms with Crippen LogP contribution in [0, 0.1) is 0 Å². The summed E-state index contributed by atoms with van der Waals surface area (Å²) in [5.74, 6) is 0. The molecule has 2 aliphatic rings. The van der Waals surface area contributed by atoms with Crippen LogP contribution in [0.1, 0.15) is 32.1 Å². The Balaban J connectivity index is 1.83. The van der Waals surface area contributed by atoms with Crippen molar-refractivity contribution in [3.63, 3.8) is 0 Å². The highest BCUT2D eigenvalue weighted by atomic mass is 15.2. The highest BCUT2D eigenvalue weighted by Crippen LogP contribution is 2.16. The van der Waals surface area contributed by atoms with E-state index in [-0.39, 0.29) is 0 Å². The van der Waals surface area contributed by atoms with Gasteiger partial charge in [-0.2, -0.15) is 0 Å². The van der Waals surface area contributed by atoms with E-state index in [0.29, 0.717) is 0 Å². The summed E-state index contributed by atoms with van der Waals surface area (Å²) >= 11 is 0. The van der Waals surface area contributed by atoms with Crippen LogP contribution in [0.2, 0.25) is 0 Å². The second-order valence-corrected chi connectivity index (χ2v) is 4.10. The number of rotatable bonds is 1. The van der Waals surface area contributed by atoms with Crippen LogP contribution < -0.4 is 5.32 Å². The fourth-order valence-electron chi connectivity index (χ4n) is 2.42. The highest BCUT2D eigenvalue weighted by molar-refractivity contribution is 4.79. The Hall–Kier alpha value is -0.0800. The zero-order valence-corrected chi connectivity index (χ0v) is 7.89. The van der Waals surface area contributed by atoms with Crippen molar-refractivity contribution in [1.82, 2.24) is 10.2 Å². The van der Waals surface area contributed by atoms with Gasteiger partial charge in [-0.1, -0.05) is 6.42 Å². The zero-order chi connectivity index (χ0) is 8.23. The van der Waals surface area contributed by atoms with Gasteiger partial charge in [-0.25, -0.2) is 0 Å². The maximum Gasteiger partial charge on any atom is 0.0220 e. The van der Waals surface area contributed by atoms with Crippen molar-refractivity contribution in [3.8, 4) is 0 Å². The van der Waals surface area contributed by atoms with E-state index >= 15 is 0 Å². The molecular formula is C10H20N2. The van der Waals surface area contributed by atoms with Gasteiger partial charge < -0.3 is 5.32 Å². The van der Waals surface area contributed by atoms with Crippen LogP contribution in [-0.4, -0.2) is 37.1 Å². The van der Waals surface area contributed by atoms with E-state index in [2.05, 4.69) is 10.2 Å². The molecule has 2 rings (SSSR count). The molecule has 0 saturated carbocycles. The largest absolute Gasteiger partial charge is 0.315 e. The van der Waals surface area contributed by atoms with Gasteiger partial charge in [0.25, 0.3) is 0 Å². The Morgan fingerprint density at radius 2 is 1.83 bits per heavy atom. The van der Waals surface area contributed by atoms with Gasteiger partial charge in [0.1, 0.15) is 0 Å². The molecule has 1 atom stereocenters. The summed E-state index contributed by atoms with van der Waals surface area (Å²) in [4.78, 5) is 2.68. The van der Waals surface area contributed by atoms with E-state index in [9.17, 15) is 0 Å². The number of nitrogens with zero attached hydrogens (tertiary/aromatic N) is 1. The summed E-state index contributed by atoms with van der Waals surface area (Å²) in [7, 11) is 0. The van der Waals surface area contributed by atoms with Crippen LogP contribution in [-0.2, 0) is 0 Å². The quantitative estimate of drug-likeness (QED) is 0.633. The third-order valence-corrected chi connectivity index (χ3v) is 3.18. The van der Waals surface area contributed by atoms with E-state index in [1.807, 2.05) is 0 Å². The molecule has 0 aromatic rings. The van der Waals surface area contributed by atoms with Crippen molar-refractivity contribution in [3.05, 3.63) is 0 Å². The van der Waals surface area contributed by atoms with Gasteiger partial charge in [0.2, 0.25) is 0 Å². The highest BCUT2D eigenvalue weighted by Gasteiger charge is 2.21. The molecule has 0 radical (unpaired) electrons. The molecule has 0 aliphatic carbocycles. The van der Waals surface area contributed by atoms with E-state index in [4.69, 9.17) is 0 Å². The lowest BCUT2D eigenvalue weighted by atomic mass is 10.1. The van der Waals surface area contributed by atoms with Gasteiger partial charge in [0.05, 0.1) is 0 Å². The van der Waals surface area contributed by atoms with Crippen LogP contribution in [0.25, 0.3) is 0 Å². The monoisotopic (exact) mass is 168 g/mol. The normalized spacial score (nSPS) is 33.5. The fourth-order valence-corrected chi connectivity index (χ4v) is 2.42. The average Bonchev–Trinajstić information content (AvgIpc) is 2.48. The summed E-state index contributed by atoms with van der Waals surface area (Å²) < 4.78 is 0. The Labute approximate surface area is 75.3 Å². The summed E-state index contributed by atoms with van der Waals surface area (Å²) in [5, 5.41) is 3.53. The Kier molecular flexibility index (Phi) is 3.01. The van der Waals surface area contributed by atoms with Gasteiger partial charge in [-0.15, -0.1) is 0 Å². The third-order valence-electron chi connectivity index (χ3n) is 3.18. The first-order valence-electron chi connectivity index (χ1n) is 5.41. The first kappa shape index (κ1) is 8.52. The molecule has 70 valence electrons. The van der Waals surface area contributed by atoms with E-state index in [0.717, 1.165) is 6.04 Å². The van der Waals surface area contributed by atoms with Crippen molar-refractivity contribution in [2.75, 3.05) is 26.2 Å². The van der Waals surface area contributed by atoms with Crippen LogP contribution in [0.15, 0.2) is 0 Å². The Morgan fingerprint density at radius 3 is 2.67 bits per heavy atom. The summed E-state index contributed by atoms with van der Waals surface area (Å²) in [6.07, 6.45) is 7.08. The second-order valence-electron chi connectivity index (χ2n) is 4.10. The van der Waals surface area contributed by atoms with Crippen LogP contribution in [0.4, 0.5) is 0 Å². The van der Waals surface area contributed by atoms with Crippen LogP contribution in [0.5, 0.6) is 0 Å². The predicted molar refractivity (Wildman–Crippen MR) is 51.3 cm³/mol. The number of hydrogen-bond acceptors (Lipinski definition) is 2. The van der Waals surface area contributed by atoms with Crippen molar-refractivity contribution >= 4 is 0 Å². The minimum atomic E-state index is 0.856. The average molecular weight is 168 g/mol. The lowest BCUT2D eigenvalue weighted by molar-refractivity contribution is 0.231. The van der Waals surface area contributed by atoms with Crippen molar-refractivity contribution in [1.29, 1.82) is 0 Å². The first-order chi connectivity index (χ1) is 5.97. The molecule has 2 nitrogen and oxygen atoms in total. The predicted octanol–water partition coefficient (Wildman–Crippen LogP) is 1.22. The standard InChI is InChI=1S/C10H20N2/c1-2-6-11-9-10(5-1)12-7-3-4-8-12/h10-11H,1-9H2/t10-/m0/s1. The van der Waals surface area contributed by atoms with Crippen molar-refractivity contribution < 1.29 is 0 Å². The number of likely N-dealkylation sites (tertiary alicyclic amines) is 1. The number of nitrogens with one attached hydrogen (secondary N) is 1. The van der Waals surface area contributed by atoms with Crippen molar-refractivity contribution in [2.24, 2.45) is 0 Å². The molecule has 0 bridgehead atoms. The van der Waals surface area contributed by atoms with Crippen molar-refractivity contribution in [2.45, 2.75) is 38.1 Å². The van der Waals surface area contributed by atoms with Gasteiger partial charge in [-0.05, 0) is 45.3 Å². The molecular weight excluding hydrogens is 148 g/mol. The molecule has 0 aromatic carbocycles. The second kappa shape index (κ2) is 4.24. The maximum absolute atomic E-state index is 3.53. The minimum absolute atomic E-state index is 0.856. The molecule has 0 amide bonds. The summed E-state index contributed by atoms with van der Waals surface area (Å²) in [5.41, 5.74) is 0. The molecule has 2 fully saturated rings. The maximum atomic E-state index is 3.53. The minimum Gasteiger partial charge on any atom is -0.315 e. The molecule has 12 heavy (non-hydrogen) atoms. The molecule has 2 saturated heterocycles. The fraction of sp³-hybridized carbons (Fsp3) is 1.00. The first-order valence-corrected chi connectivity index (χ1v) is 5.41. The van der Waals surface area contributed by atoms with Crippen LogP contribution in [0.3, 0.4) is 0 Å². The molecule has 2 heterocycles.